The SMILES string of the molecule is N[C@H](C=O)CCCCNC(=O)COCCOCCNC(=O)COCCOCCNC(=O)CC[C@H](NC(=O)CCCCCCCCCOc1ccc(C(=O)O)cc1)C(=O)O. The number of hydrogen-bond donors (Lipinski definition) is 7. The summed E-state index contributed by atoms with van der Waals surface area (Å²) in [7, 11) is 0. The van der Waals surface area contributed by atoms with Gasteiger partial charge in [-0.05, 0) is 62.8 Å². The number of aldehydes is 1. The number of nitrogens with one attached hydrogen (secondary N) is 4. The van der Waals surface area contributed by atoms with Gasteiger partial charge in [0, 0.05) is 32.5 Å². The third kappa shape index (κ3) is 31.0. The summed E-state index contributed by atoms with van der Waals surface area (Å²) in [6, 6.07) is 4.66. The number of nitrogens with two attached hydrogens (primary N) is 1. The molecule has 0 heterocycles. The molecule has 0 fully saturated rings. The van der Waals surface area contributed by atoms with Crippen molar-refractivity contribution >= 4 is 41.9 Å². The minimum absolute atomic E-state index is 0.0502. The molecule has 0 aliphatic rings. The van der Waals surface area contributed by atoms with E-state index >= 15 is 0 Å². The fraction of sp³-hybridized carbons (Fsp3) is 0.675. The van der Waals surface area contributed by atoms with Crippen molar-refractivity contribution in [1.82, 2.24) is 21.3 Å². The zero-order chi connectivity index (χ0) is 43.4. The van der Waals surface area contributed by atoms with Crippen molar-refractivity contribution in [3.05, 3.63) is 29.8 Å². The van der Waals surface area contributed by atoms with Crippen LogP contribution in [-0.2, 0) is 47.7 Å². The van der Waals surface area contributed by atoms with Crippen LogP contribution >= 0.6 is 0 Å². The highest BCUT2D eigenvalue weighted by Crippen LogP contribution is 2.14. The molecule has 4 amide bonds. The summed E-state index contributed by atoms with van der Waals surface area (Å²) in [6.07, 6.45) is 9.14. The van der Waals surface area contributed by atoms with Gasteiger partial charge >= 0.3 is 11.9 Å². The molecule has 0 aliphatic heterocycles. The van der Waals surface area contributed by atoms with Crippen LogP contribution in [0.1, 0.15) is 93.8 Å². The first-order chi connectivity index (χ1) is 28.5. The van der Waals surface area contributed by atoms with Crippen LogP contribution in [0.4, 0.5) is 0 Å². The maximum atomic E-state index is 12.3. The molecule has 0 radical (unpaired) electrons. The van der Waals surface area contributed by atoms with Gasteiger partial charge < -0.3 is 65.7 Å². The standard InChI is InChI=1S/C40H65N5O14/c41-32(28-46)10-7-8-18-42-37(49)29-57-26-25-56-23-20-44-38(50)30-58-27-24-55-22-19-43-35(47)17-16-34(40(53)54)45-36(48)11-6-4-2-1-3-5-9-21-59-33-14-12-31(13-15-33)39(51)52/h12-15,28,32,34H,1-11,16-27,29-30,41H2,(H,42,49)(H,43,47)(H,44,50)(H,45,48)(H,51,52)(H,53,54)/t32-,34-/m0/s1. The Labute approximate surface area is 346 Å². The highest BCUT2D eigenvalue weighted by Gasteiger charge is 2.21. The smallest absolute Gasteiger partial charge is 0.335 e. The Morgan fingerprint density at radius 3 is 1.69 bits per heavy atom. The summed E-state index contributed by atoms with van der Waals surface area (Å²) in [6.45, 7) is 2.49. The van der Waals surface area contributed by atoms with Crippen LogP contribution in [0.3, 0.4) is 0 Å². The van der Waals surface area contributed by atoms with Crippen molar-refractivity contribution in [1.29, 1.82) is 0 Å². The first-order valence-electron chi connectivity index (χ1n) is 20.3. The van der Waals surface area contributed by atoms with E-state index in [1.54, 1.807) is 12.1 Å². The Kier molecular flexibility index (Phi) is 31.3. The van der Waals surface area contributed by atoms with Crippen LogP contribution in [0.5, 0.6) is 5.75 Å². The molecule has 19 nitrogen and oxygen atoms in total. The summed E-state index contributed by atoms with van der Waals surface area (Å²) < 4.78 is 26.9. The van der Waals surface area contributed by atoms with Gasteiger partial charge in [0.05, 0.1) is 57.9 Å². The minimum Gasteiger partial charge on any atom is -0.494 e. The number of carboxylic acid groups (broad SMARTS) is 2. The van der Waals surface area contributed by atoms with Crippen molar-refractivity contribution < 1.29 is 67.5 Å². The number of carbonyl (C=O) groups excluding carboxylic acids is 5. The number of aromatic carboxylic acids is 1. The zero-order valence-corrected chi connectivity index (χ0v) is 34.1. The third-order valence-electron chi connectivity index (χ3n) is 8.52. The predicted octanol–water partition coefficient (Wildman–Crippen LogP) is 1.35. The molecule has 2 atom stereocenters. The van der Waals surface area contributed by atoms with Crippen LogP contribution in [-0.4, -0.2) is 143 Å². The van der Waals surface area contributed by atoms with E-state index in [4.69, 9.17) is 34.5 Å². The topological polar surface area (TPSA) is 280 Å². The summed E-state index contributed by atoms with van der Waals surface area (Å²) in [5.41, 5.74) is 5.72. The molecule has 8 N–H and O–H groups in total. The maximum absolute atomic E-state index is 12.3. The molecule has 0 aliphatic carbocycles. The number of rotatable bonds is 39. The Morgan fingerprint density at radius 2 is 1.12 bits per heavy atom. The highest BCUT2D eigenvalue weighted by atomic mass is 16.5. The average molecular weight is 840 g/mol. The van der Waals surface area contributed by atoms with E-state index < -0.39 is 24.0 Å². The van der Waals surface area contributed by atoms with Gasteiger partial charge in [0.15, 0.2) is 0 Å². The molecule has 1 rings (SSSR count). The maximum Gasteiger partial charge on any atom is 0.335 e. The zero-order valence-electron chi connectivity index (χ0n) is 34.1. The van der Waals surface area contributed by atoms with Gasteiger partial charge in [0.25, 0.3) is 0 Å². The Hall–Kier alpha value is -4.69. The minimum atomic E-state index is -1.21. The average Bonchev–Trinajstić information content (AvgIpc) is 3.21. The highest BCUT2D eigenvalue weighted by molar-refractivity contribution is 5.87. The first-order valence-corrected chi connectivity index (χ1v) is 20.3. The van der Waals surface area contributed by atoms with E-state index in [9.17, 15) is 38.7 Å². The summed E-state index contributed by atoms with van der Waals surface area (Å²) in [5.74, 6) is -2.86. The summed E-state index contributed by atoms with van der Waals surface area (Å²) in [4.78, 5) is 81.1. The molecule has 334 valence electrons. The number of aliphatic carboxylic acids is 1. The lowest BCUT2D eigenvalue weighted by atomic mass is 10.1. The van der Waals surface area contributed by atoms with Crippen molar-refractivity contribution in [2.75, 3.05) is 79.1 Å². The Bertz CT molecular complexity index is 1350. The molecule has 0 bridgehead atoms. The van der Waals surface area contributed by atoms with E-state index in [1.807, 2.05) is 0 Å². The predicted molar refractivity (Wildman–Crippen MR) is 215 cm³/mol. The molecule has 1 aromatic carbocycles. The van der Waals surface area contributed by atoms with Gasteiger partial charge in [-0.2, -0.15) is 0 Å². The van der Waals surface area contributed by atoms with Crippen molar-refractivity contribution in [2.45, 2.75) is 95.6 Å². The third-order valence-corrected chi connectivity index (χ3v) is 8.52. The molecule has 19 heteroatoms. The molecule has 1 aromatic rings. The molecule has 0 spiro atoms. The Balaban J connectivity index is 1.93. The van der Waals surface area contributed by atoms with Crippen molar-refractivity contribution in [2.24, 2.45) is 5.73 Å². The van der Waals surface area contributed by atoms with Gasteiger partial charge in [-0.3, -0.25) is 19.2 Å². The van der Waals surface area contributed by atoms with Crippen LogP contribution in [0.2, 0.25) is 0 Å². The van der Waals surface area contributed by atoms with Gasteiger partial charge in [0.1, 0.15) is 31.3 Å². The van der Waals surface area contributed by atoms with Crippen molar-refractivity contribution in [3.8, 4) is 5.75 Å². The lowest BCUT2D eigenvalue weighted by Crippen LogP contribution is -2.41. The van der Waals surface area contributed by atoms with E-state index in [0.29, 0.717) is 38.0 Å². The monoisotopic (exact) mass is 839 g/mol. The fourth-order valence-electron chi connectivity index (χ4n) is 5.24. The lowest BCUT2D eigenvalue weighted by Gasteiger charge is -2.14. The van der Waals surface area contributed by atoms with Crippen LogP contribution < -0.4 is 31.7 Å². The van der Waals surface area contributed by atoms with Gasteiger partial charge in [-0.15, -0.1) is 0 Å². The second kappa shape index (κ2) is 35.3. The number of ether oxygens (including phenoxy) is 5. The van der Waals surface area contributed by atoms with E-state index in [2.05, 4.69) is 21.3 Å². The first kappa shape index (κ1) is 52.3. The number of amides is 4. The fourth-order valence-corrected chi connectivity index (χ4v) is 5.24. The molecule has 0 saturated heterocycles. The number of unbranched alkanes of at least 4 members (excludes halogenated alkanes) is 7. The van der Waals surface area contributed by atoms with E-state index in [-0.39, 0.29) is 114 Å². The molecular formula is C40H65N5O14. The summed E-state index contributed by atoms with van der Waals surface area (Å²) in [5, 5.41) is 28.9. The van der Waals surface area contributed by atoms with Crippen LogP contribution in [0, 0.1) is 0 Å². The van der Waals surface area contributed by atoms with Crippen molar-refractivity contribution in [3.63, 3.8) is 0 Å². The van der Waals surface area contributed by atoms with Crippen LogP contribution in [0.15, 0.2) is 24.3 Å². The molecule has 0 unspecified atom stereocenters. The second-order valence-electron chi connectivity index (χ2n) is 13.6. The number of hydrogen-bond acceptors (Lipinski definition) is 13. The number of carbonyl (C=O) groups is 7. The summed E-state index contributed by atoms with van der Waals surface area (Å²) >= 11 is 0. The van der Waals surface area contributed by atoms with E-state index in [0.717, 1.165) is 51.4 Å². The van der Waals surface area contributed by atoms with E-state index in [1.165, 1.54) is 12.1 Å². The van der Waals surface area contributed by atoms with Gasteiger partial charge in [-0.25, -0.2) is 9.59 Å². The Morgan fingerprint density at radius 1 is 0.576 bits per heavy atom. The van der Waals surface area contributed by atoms with Gasteiger partial charge in [-0.1, -0.05) is 32.1 Å². The molecule has 59 heavy (non-hydrogen) atoms. The largest absolute Gasteiger partial charge is 0.494 e. The lowest BCUT2D eigenvalue weighted by molar-refractivity contribution is -0.142. The number of benzene rings is 1. The normalized spacial score (nSPS) is 11.9. The second-order valence-corrected chi connectivity index (χ2v) is 13.6. The number of carboxylic acids is 2. The quantitative estimate of drug-likeness (QED) is 0.0364. The van der Waals surface area contributed by atoms with Crippen LogP contribution in [0.25, 0.3) is 0 Å². The molecule has 0 aromatic heterocycles. The van der Waals surface area contributed by atoms with Gasteiger partial charge in [0.2, 0.25) is 23.6 Å². The molecular weight excluding hydrogens is 774 g/mol. The molecule has 0 saturated carbocycles.